The van der Waals surface area contributed by atoms with E-state index in [1.54, 1.807) is 0 Å². The van der Waals surface area contributed by atoms with E-state index in [0.717, 1.165) is 39.1 Å². The zero-order chi connectivity index (χ0) is 31.7. The number of benzene rings is 7. The smallest absolute Gasteiger partial charge is 0.170 e. The van der Waals surface area contributed by atoms with Crippen LogP contribution in [0, 0.1) is 0 Å². The fourth-order valence-corrected chi connectivity index (χ4v) is 7.61. The molecule has 0 bridgehead atoms. The van der Waals surface area contributed by atoms with Crippen LogP contribution in [0.1, 0.15) is 22.3 Å². The second kappa shape index (κ2) is 10.3. The summed E-state index contributed by atoms with van der Waals surface area (Å²) in [5.41, 5.74) is 11.9. The van der Waals surface area contributed by atoms with E-state index in [0.29, 0.717) is 23.0 Å². The lowest BCUT2D eigenvalue weighted by molar-refractivity contribution is 0.359. The van der Waals surface area contributed by atoms with E-state index in [2.05, 4.69) is 138 Å². The lowest BCUT2D eigenvalue weighted by Gasteiger charge is -2.34. The standard InChI is InChI=1S/C44H28N2O2/c1-3-11-31(12-4-1)44(32-13-5-2-6-14-32)35-16-8-7-15-33(35)34-26-41-42(27-36(34)44)47-39-24-23-30(25-40(39)48-41)28-19-21-29(22-20-28)43-45-37-17-9-10-18-38(37)46-43/h1-27H,(H,45,46). The van der Waals surface area contributed by atoms with Crippen LogP contribution >= 0.6 is 0 Å². The number of hydrogen-bond donors (Lipinski definition) is 1. The summed E-state index contributed by atoms with van der Waals surface area (Å²) in [7, 11) is 0. The van der Waals surface area contributed by atoms with Crippen molar-refractivity contribution in [2.24, 2.45) is 0 Å². The average Bonchev–Trinajstić information content (AvgIpc) is 3.71. The molecule has 0 atom stereocenters. The summed E-state index contributed by atoms with van der Waals surface area (Å²) in [5, 5.41) is 0. The molecule has 0 saturated carbocycles. The first kappa shape index (κ1) is 26.8. The number of imidazole rings is 1. The largest absolute Gasteiger partial charge is 0.450 e. The van der Waals surface area contributed by atoms with Crippen LogP contribution < -0.4 is 9.47 Å². The highest BCUT2D eigenvalue weighted by Gasteiger charge is 2.47. The van der Waals surface area contributed by atoms with Gasteiger partial charge in [-0.2, -0.15) is 0 Å². The van der Waals surface area contributed by atoms with Crippen molar-refractivity contribution in [3.63, 3.8) is 0 Å². The molecule has 0 saturated heterocycles. The topological polar surface area (TPSA) is 47.1 Å². The van der Waals surface area contributed by atoms with Gasteiger partial charge < -0.3 is 14.5 Å². The zero-order valence-electron chi connectivity index (χ0n) is 25.9. The molecule has 0 fully saturated rings. The zero-order valence-corrected chi connectivity index (χ0v) is 25.9. The minimum Gasteiger partial charge on any atom is -0.450 e. The molecule has 10 rings (SSSR count). The summed E-state index contributed by atoms with van der Waals surface area (Å²) in [4.78, 5) is 8.18. The Morgan fingerprint density at radius 3 is 1.81 bits per heavy atom. The number of para-hydroxylation sites is 2. The van der Waals surface area contributed by atoms with E-state index in [9.17, 15) is 0 Å². The normalized spacial score (nSPS) is 13.5. The molecule has 0 radical (unpaired) electrons. The Morgan fingerprint density at radius 2 is 1.04 bits per heavy atom. The third-order valence-corrected chi connectivity index (χ3v) is 9.79. The van der Waals surface area contributed by atoms with E-state index in [1.807, 2.05) is 30.3 Å². The number of nitrogens with one attached hydrogen (secondary N) is 1. The van der Waals surface area contributed by atoms with Gasteiger partial charge in [0.1, 0.15) is 5.82 Å². The molecule has 7 aromatic carbocycles. The van der Waals surface area contributed by atoms with Gasteiger partial charge in [0.05, 0.1) is 16.4 Å². The van der Waals surface area contributed by atoms with Crippen molar-refractivity contribution in [1.82, 2.24) is 9.97 Å². The number of ether oxygens (including phenoxy) is 2. The van der Waals surface area contributed by atoms with Gasteiger partial charge in [0, 0.05) is 5.56 Å². The SMILES string of the molecule is c1ccc(C2(c3ccccc3)c3ccccc3-c3cc4c(cc32)Oc2ccc(-c3ccc(-c5nc6ccccc6[nH]5)cc3)cc2O4)cc1. The van der Waals surface area contributed by atoms with Crippen LogP contribution in [0.4, 0.5) is 0 Å². The van der Waals surface area contributed by atoms with Gasteiger partial charge in [0.25, 0.3) is 0 Å². The van der Waals surface area contributed by atoms with Crippen LogP contribution in [-0.4, -0.2) is 9.97 Å². The van der Waals surface area contributed by atoms with E-state index in [4.69, 9.17) is 14.5 Å². The van der Waals surface area contributed by atoms with Gasteiger partial charge in [-0.05, 0) is 80.9 Å². The van der Waals surface area contributed by atoms with Crippen molar-refractivity contribution in [2.75, 3.05) is 0 Å². The van der Waals surface area contributed by atoms with Crippen LogP contribution in [0.5, 0.6) is 23.0 Å². The Balaban J connectivity index is 1.05. The summed E-state index contributed by atoms with van der Waals surface area (Å²) in [6.45, 7) is 0. The molecule has 0 spiro atoms. The molecule has 226 valence electrons. The molecule has 1 aliphatic heterocycles. The lowest BCUT2D eigenvalue weighted by Crippen LogP contribution is -2.28. The summed E-state index contributed by atoms with van der Waals surface area (Å²) >= 11 is 0. The Labute approximate surface area is 277 Å². The van der Waals surface area contributed by atoms with Gasteiger partial charge in [0.15, 0.2) is 23.0 Å². The quantitative estimate of drug-likeness (QED) is 0.214. The van der Waals surface area contributed by atoms with Gasteiger partial charge in [-0.15, -0.1) is 0 Å². The first-order valence-corrected chi connectivity index (χ1v) is 16.2. The predicted octanol–water partition coefficient (Wildman–Crippen LogP) is 11.2. The molecule has 0 unspecified atom stereocenters. The van der Waals surface area contributed by atoms with Crippen molar-refractivity contribution in [1.29, 1.82) is 0 Å². The lowest BCUT2D eigenvalue weighted by atomic mass is 9.67. The van der Waals surface area contributed by atoms with Crippen molar-refractivity contribution < 1.29 is 9.47 Å². The number of rotatable bonds is 4. The number of fused-ring (bicyclic) bond motifs is 6. The summed E-state index contributed by atoms with van der Waals surface area (Å²) < 4.78 is 13.3. The van der Waals surface area contributed by atoms with Crippen molar-refractivity contribution in [3.05, 3.63) is 186 Å². The Bertz CT molecular complexity index is 2430. The Morgan fingerprint density at radius 1 is 0.438 bits per heavy atom. The Hall–Kier alpha value is -6.39. The predicted molar refractivity (Wildman–Crippen MR) is 191 cm³/mol. The van der Waals surface area contributed by atoms with E-state index in [-0.39, 0.29) is 0 Å². The number of H-pyrrole nitrogens is 1. The maximum absolute atomic E-state index is 6.65. The van der Waals surface area contributed by atoms with Crippen molar-refractivity contribution >= 4 is 11.0 Å². The van der Waals surface area contributed by atoms with E-state index in [1.165, 1.54) is 27.8 Å². The van der Waals surface area contributed by atoms with E-state index < -0.39 is 5.41 Å². The van der Waals surface area contributed by atoms with Gasteiger partial charge in [-0.25, -0.2) is 4.98 Å². The highest BCUT2D eigenvalue weighted by Crippen LogP contribution is 2.59. The molecule has 2 aliphatic rings. The second-order valence-electron chi connectivity index (χ2n) is 12.4. The third-order valence-electron chi connectivity index (χ3n) is 9.79. The van der Waals surface area contributed by atoms with Crippen molar-refractivity contribution in [2.45, 2.75) is 5.41 Å². The third kappa shape index (κ3) is 3.93. The number of nitrogens with zero attached hydrogens (tertiary/aromatic N) is 1. The van der Waals surface area contributed by atoms with Crippen LogP contribution in [0.25, 0.3) is 44.7 Å². The van der Waals surface area contributed by atoms with Crippen LogP contribution in [0.15, 0.2) is 164 Å². The molecule has 1 aliphatic carbocycles. The average molecular weight is 617 g/mol. The second-order valence-corrected chi connectivity index (χ2v) is 12.4. The number of aromatic nitrogens is 2. The molecular weight excluding hydrogens is 588 g/mol. The fraction of sp³-hybridized carbons (Fsp3) is 0.0227. The maximum Gasteiger partial charge on any atom is 0.170 e. The molecule has 8 aromatic rings. The molecule has 1 aromatic heterocycles. The van der Waals surface area contributed by atoms with Crippen molar-refractivity contribution in [3.8, 4) is 56.6 Å². The Kier molecular flexibility index (Phi) is 5.75. The van der Waals surface area contributed by atoms with Gasteiger partial charge in [-0.1, -0.05) is 127 Å². The molecule has 4 nitrogen and oxygen atoms in total. The first-order valence-electron chi connectivity index (χ1n) is 16.2. The van der Waals surface area contributed by atoms with Crippen LogP contribution in [0.2, 0.25) is 0 Å². The van der Waals surface area contributed by atoms with Gasteiger partial charge in [-0.3, -0.25) is 0 Å². The molecule has 48 heavy (non-hydrogen) atoms. The minimum atomic E-state index is -0.495. The highest BCUT2D eigenvalue weighted by molar-refractivity contribution is 5.88. The summed E-state index contributed by atoms with van der Waals surface area (Å²) in [5.74, 6) is 3.69. The van der Waals surface area contributed by atoms with Gasteiger partial charge in [0.2, 0.25) is 0 Å². The minimum absolute atomic E-state index is 0.495. The van der Waals surface area contributed by atoms with Crippen LogP contribution in [-0.2, 0) is 5.41 Å². The fourth-order valence-electron chi connectivity index (χ4n) is 7.61. The molecule has 0 amide bonds. The highest BCUT2D eigenvalue weighted by atomic mass is 16.6. The molecular formula is C44H28N2O2. The van der Waals surface area contributed by atoms with Gasteiger partial charge >= 0.3 is 0 Å². The molecule has 4 heteroatoms. The van der Waals surface area contributed by atoms with E-state index >= 15 is 0 Å². The number of hydrogen-bond acceptors (Lipinski definition) is 3. The summed E-state index contributed by atoms with van der Waals surface area (Å²) in [6, 6.07) is 57.4. The summed E-state index contributed by atoms with van der Waals surface area (Å²) in [6.07, 6.45) is 0. The molecule has 2 heterocycles. The number of aromatic amines is 1. The molecule has 1 N–H and O–H groups in total. The maximum atomic E-state index is 6.65. The van der Waals surface area contributed by atoms with Crippen LogP contribution in [0.3, 0.4) is 0 Å². The first-order chi connectivity index (χ1) is 23.8. The monoisotopic (exact) mass is 616 g/mol.